The van der Waals surface area contributed by atoms with Gasteiger partial charge in [0.25, 0.3) is 0 Å². The number of anilines is 1. The van der Waals surface area contributed by atoms with E-state index in [1.54, 1.807) is 11.9 Å². The molecule has 0 fully saturated rings. The molecule has 0 radical (unpaired) electrons. The highest BCUT2D eigenvalue weighted by Crippen LogP contribution is 2.20. The van der Waals surface area contributed by atoms with Crippen LogP contribution in [0.1, 0.15) is 18.1 Å². The van der Waals surface area contributed by atoms with Gasteiger partial charge in [-0.3, -0.25) is 10.3 Å². The maximum absolute atomic E-state index is 12.0. The van der Waals surface area contributed by atoms with Crippen molar-refractivity contribution in [2.24, 2.45) is 4.99 Å². The van der Waals surface area contributed by atoms with Crippen LogP contribution < -0.4 is 10.6 Å². The van der Waals surface area contributed by atoms with Crippen LogP contribution in [0.2, 0.25) is 0 Å². The van der Waals surface area contributed by atoms with E-state index in [-0.39, 0.29) is 6.03 Å². The fourth-order valence-corrected chi connectivity index (χ4v) is 1.82. The lowest BCUT2D eigenvalue weighted by atomic mass is 10.1. The summed E-state index contributed by atoms with van der Waals surface area (Å²) in [5.74, 6) is 0.518. The first-order valence-corrected chi connectivity index (χ1v) is 6.30. The number of urea groups is 1. The second kappa shape index (κ2) is 6.78. The van der Waals surface area contributed by atoms with Crippen molar-refractivity contribution in [3.63, 3.8) is 0 Å². The molecule has 2 N–H and O–H groups in total. The maximum Gasteiger partial charge on any atom is 0.326 e. The molecule has 0 aliphatic rings. The van der Waals surface area contributed by atoms with Gasteiger partial charge in [0.1, 0.15) is 0 Å². The molecular weight excluding hydrogens is 240 g/mol. The molecule has 0 saturated carbocycles. The summed E-state index contributed by atoms with van der Waals surface area (Å²) in [6.45, 7) is 4.05. The van der Waals surface area contributed by atoms with Crippen LogP contribution in [0.5, 0.6) is 0 Å². The van der Waals surface area contributed by atoms with Crippen LogP contribution in [0.4, 0.5) is 10.5 Å². The third-order valence-electron chi connectivity index (χ3n) is 2.84. The number of nitrogens with zero attached hydrogens (tertiary/aromatic N) is 2. The standard InChI is InChI=1S/C14H22N4O/c1-6-11-9-7-8-10(2)12(11)16-14(19)17-13(15-3)18(4)5/h7-9H,6H2,1-5H3,(H2,15,16,17,19). The van der Waals surface area contributed by atoms with Gasteiger partial charge < -0.3 is 10.2 Å². The molecule has 1 aromatic carbocycles. The predicted octanol–water partition coefficient (Wildman–Crippen LogP) is 2.23. The SMILES string of the molecule is CCc1cccc(C)c1NC(=O)NC(=NC)N(C)C. The summed E-state index contributed by atoms with van der Waals surface area (Å²) >= 11 is 0. The van der Waals surface area contributed by atoms with E-state index in [4.69, 9.17) is 0 Å². The first-order chi connectivity index (χ1) is 8.99. The van der Waals surface area contributed by atoms with Crippen LogP contribution in [-0.2, 0) is 6.42 Å². The second-order valence-electron chi connectivity index (χ2n) is 4.48. The Balaban J connectivity index is 2.83. The number of hydrogen-bond acceptors (Lipinski definition) is 2. The number of nitrogens with one attached hydrogen (secondary N) is 2. The number of amides is 2. The number of rotatable bonds is 2. The van der Waals surface area contributed by atoms with E-state index in [1.165, 1.54) is 0 Å². The van der Waals surface area contributed by atoms with Crippen molar-refractivity contribution in [1.29, 1.82) is 0 Å². The Labute approximate surface area is 114 Å². The highest BCUT2D eigenvalue weighted by Gasteiger charge is 2.10. The fourth-order valence-electron chi connectivity index (χ4n) is 1.82. The summed E-state index contributed by atoms with van der Waals surface area (Å²) in [4.78, 5) is 17.7. The van der Waals surface area contributed by atoms with Crippen molar-refractivity contribution in [2.45, 2.75) is 20.3 Å². The highest BCUT2D eigenvalue weighted by molar-refractivity contribution is 6.02. The van der Waals surface area contributed by atoms with E-state index in [0.717, 1.165) is 23.2 Å². The van der Waals surface area contributed by atoms with Crippen LogP contribution in [0.25, 0.3) is 0 Å². The Bertz CT molecular complexity index is 480. The van der Waals surface area contributed by atoms with E-state index in [1.807, 2.05) is 39.2 Å². The Morgan fingerprint density at radius 1 is 1.37 bits per heavy atom. The average molecular weight is 262 g/mol. The monoisotopic (exact) mass is 262 g/mol. The van der Waals surface area contributed by atoms with Gasteiger partial charge in [-0.25, -0.2) is 4.79 Å². The Kier molecular flexibility index (Phi) is 5.36. The normalized spacial score (nSPS) is 11.1. The molecule has 19 heavy (non-hydrogen) atoms. The summed E-state index contributed by atoms with van der Waals surface area (Å²) in [5, 5.41) is 5.61. The lowest BCUT2D eigenvalue weighted by Gasteiger charge is -2.18. The molecule has 104 valence electrons. The molecule has 0 atom stereocenters. The third kappa shape index (κ3) is 3.98. The van der Waals surface area contributed by atoms with E-state index >= 15 is 0 Å². The predicted molar refractivity (Wildman–Crippen MR) is 79.8 cm³/mol. The Morgan fingerprint density at radius 3 is 2.58 bits per heavy atom. The number of para-hydroxylation sites is 1. The lowest BCUT2D eigenvalue weighted by molar-refractivity contribution is 0.255. The van der Waals surface area contributed by atoms with Gasteiger partial charge in [0, 0.05) is 26.8 Å². The van der Waals surface area contributed by atoms with E-state index < -0.39 is 0 Å². The summed E-state index contributed by atoms with van der Waals surface area (Å²) < 4.78 is 0. The molecule has 0 spiro atoms. The number of aryl methyl sites for hydroxylation is 2. The fraction of sp³-hybridized carbons (Fsp3) is 0.429. The van der Waals surface area contributed by atoms with Gasteiger partial charge in [-0.15, -0.1) is 0 Å². The number of carbonyl (C=O) groups excluding carboxylic acids is 1. The zero-order chi connectivity index (χ0) is 14.4. The number of carbonyl (C=O) groups is 1. The smallest absolute Gasteiger partial charge is 0.326 e. The van der Waals surface area contributed by atoms with E-state index in [0.29, 0.717) is 5.96 Å². The molecule has 0 aliphatic heterocycles. The zero-order valence-corrected chi connectivity index (χ0v) is 12.2. The molecule has 0 heterocycles. The quantitative estimate of drug-likeness (QED) is 0.634. The largest absolute Gasteiger partial charge is 0.349 e. The van der Waals surface area contributed by atoms with Crippen molar-refractivity contribution in [2.75, 3.05) is 26.5 Å². The minimum Gasteiger partial charge on any atom is -0.349 e. The van der Waals surface area contributed by atoms with E-state index in [2.05, 4.69) is 22.5 Å². The van der Waals surface area contributed by atoms with Gasteiger partial charge in [0.15, 0.2) is 0 Å². The molecule has 5 nitrogen and oxygen atoms in total. The maximum atomic E-state index is 12.0. The number of aliphatic imine (C=N–C) groups is 1. The minimum atomic E-state index is -0.279. The summed E-state index contributed by atoms with van der Waals surface area (Å²) in [6.07, 6.45) is 0.875. The van der Waals surface area contributed by atoms with Gasteiger partial charge in [-0.1, -0.05) is 25.1 Å². The molecule has 0 aliphatic carbocycles. The summed E-state index contributed by atoms with van der Waals surface area (Å²) in [6, 6.07) is 5.72. The summed E-state index contributed by atoms with van der Waals surface area (Å²) in [5.41, 5.74) is 3.04. The van der Waals surface area contributed by atoms with Gasteiger partial charge in [-0.2, -0.15) is 0 Å². The van der Waals surface area contributed by atoms with Crippen LogP contribution in [-0.4, -0.2) is 38.0 Å². The van der Waals surface area contributed by atoms with Gasteiger partial charge >= 0.3 is 6.03 Å². The van der Waals surface area contributed by atoms with Crippen molar-refractivity contribution < 1.29 is 4.79 Å². The molecule has 2 amide bonds. The number of guanidine groups is 1. The van der Waals surface area contributed by atoms with Crippen molar-refractivity contribution in [1.82, 2.24) is 10.2 Å². The minimum absolute atomic E-state index is 0.279. The van der Waals surface area contributed by atoms with Crippen molar-refractivity contribution >= 4 is 17.7 Å². The molecule has 0 bridgehead atoms. The van der Waals surface area contributed by atoms with Crippen molar-refractivity contribution in [3.8, 4) is 0 Å². The van der Waals surface area contributed by atoms with Crippen LogP contribution in [0.3, 0.4) is 0 Å². The third-order valence-corrected chi connectivity index (χ3v) is 2.84. The first kappa shape index (κ1) is 15.0. The topological polar surface area (TPSA) is 56.7 Å². The van der Waals surface area contributed by atoms with Crippen LogP contribution >= 0.6 is 0 Å². The van der Waals surface area contributed by atoms with Gasteiger partial charge in [-0.05, 0) is 24.5 Å². The van der Waals surface area contributed by atoms with Gasteiger partial charge in [0.05, 0.1) is 0 Å². The second-order valence-corrected chi connectivity index (χ2v) is 4.48. The molecule has 0 unspecified atom stereocenters. The van der Waals surface area contributed by atoms with Gasteiger partial charge in [0.2, 0.25) is 5.96 Å². The summed E-state index contributed by atoms with van der Waals surface area (Å²) in [7, 11) is 5.29. The molecular formula is C14H22N4O. The molecule has 1 aromatic rings. The molecule has 5 heteroatoms. The number of hydrogen-bond donors (Lipinski definition) is 2. The zero-order valence-electron chi connectivity index (χ0n) is 12.2. The molecule has 1 rings (SSSR count). The number of benzene rings is 1. The Morgan fingerprint density at radius 2 is 2.05 bits per heavy atom. The highest BCUT2D eigenvalue weighted by atomic mass is 16.2. The van der Waals surface area contributed by atoms with Crippen LogP contribution in [0.15, 0.2) is 23.2 Å². The van der Waals surface area contributed by atoms with E-state index in [9.17, 15) is 4.79 Å². The Hall–Kier alpha value is -2.04. The van der Waals surface area contributed by atoms with Crippen LogP contribution in [0, 0.1) is 6.92 Å². The van der Waals surface area contributed by atoms with Crippen molar-refractivity contribution in [3.05, 3.63) is 29.3 Å². The lowest BCUT2D eigenvalue weighted by Crippen LogP contribution is -2.42. The first-order valence-electron chi connectivity index (χ1n) is 6.30. The molecule has 0 saturated heterocycles. The average Bonchev–Trinajstić information content (AvgIpc) is 2.38. The molecule has 0 aromatic heterocycles.